The van der Waals surface area contributed by atoms with Crippen molar-refractivity contribution in [3.05, 3.63) is 34.9 Å². The summed E-state index contributed by atoms with van der Waals surface area (Å²) in [4.78, 5) is 28.6. The summed E-state index contributed by atoms with van der Waals surface area (Å²) in [6, 6.07) is 6.54. The molecule has 0 saturated carbocycles. The molecule has 2 aliphatic heterocycles. The number of hydrogen-bond donors (Lipinski definition) is 2. The molecule has 2 heterocycles. The van der Waals surface area contributed by atoms with Crippen molar-refractivity contribution in [1.82, 2.24) is 14.7 Å². The maximum absolute atomic E-state index is 12.5. The van der Waals surface area contributed by atoms with Gasteiger partial charge in [-0.3, -0.25) is 9.69 Å². The van der Waals surface area contributed by atoms with Crippen LogP contribution in [0.3, 0.4) is 0 Å². The molecule has 1 aromatic rings. The van der Waals surface area contributed by atoms with Crippen LogP contribution in [0.4, 0.5) is 4.79 Å². The first-order valence-corrected chi connectivity index (χ1v) is 8.28. The molecule has 1 aromatic carbocycles. The normalized spacial score (nSPS) is 25.1. The van der Waals surface area contributed by atoms with Gasteiger partial charge in [-0.05, 0) is 24.3 Å². The molecule has 2 saturated heterocycles. The SMILES string of the molecule is O=C(O)N1CCN(C2CN(C(=O)c3ccc(Cl)cc3)CC2O)CC1. The van der Waals surface area contributed by atoms with Crippen molar-refractivity contribution >= 4 is 23.6 Å². The van der Waals surface area contributed by atoms with Crippen LogP contribution >= 0.6 is 11.6 Å². The Bertz CT molecular complexity index is 616. The molecule has 0 radical (unpaired) electrons. The fraction of sp³-hybridized carbons (Fsp3) is 0.500. The van der Waals surface area contributed by atoms with Crippen LogP contribution in [0.2, 0.25) is 5.02 Å². The molecule has 2 N–H and O–H groups in total. The molecule has 2 fully saturated rings. The number of likely N-dealkylation sites (tertiary alicyclic amines) is 1. The number of aliphatic hydroxyl groups is 1. The topological polar surface area (TPSA) is 84.3 Å². The largest absolute Gasteiger partial charge is 0.465 e. The molecule has 130 valence electrons. The number of carbonyl (C=O) groups is 2. The maximum Gasteiger partial charge on any atom is 0.407 e. The van der Waals surface area contributed by atoms with Gasteiger partial charge in [0.05, 0.1) is 12.1 Å². The van der Waals surface area contributed by atoms with E-state index in [-0.39, 0.29) is 18.5 Å². The lowest BCUT2D eigenvalue weighted by molar-refractivity contribution is 0.0450. The number of β-amino-alcohol motifs (C(OH)–C–C–N with tert-alkyl or cyclic N) is 1. The molecule has 2 unspecified atom stereocenters. The van der Waals surface area contributed by atoms with Crippen molar-refractivity contribution in [3.63, 3.8) is 0 Å². The fourth-order valence-electron chi connectivity index (χ4n) is 3.31. The van der Waals surface area contributed by atoms with Gasteiger partial charge in [0, 0.05) is 49.9 Å². The Morgan fingerprint density at radius 1 is 1.00 bits per heavy atom. The predicted octanol–water partition coefficient (Wildman–Crippen LogP) is 0.821. The molecule has 0 aromatic heterocycles. The summed E-state index contributed by atoms with van der Waals surface area (Å²) in [6.45, 7) is 2.70. The number of carbonyl (C=O) groups excluding carboxylic acids is 1. The van der Waals surface area contributed by atoms with Crippen LogP contribution in [-0.2, 0) is 0 Å². The van der Waals surface area contributed by atoms with E-state index in [1.807, 2.05) is 0 Å². The quantitative estimate of drug-likeness (QED) is 0.822. The summed E-state index contributed by atoms with van der Waals surface area (Å²) in [5, 5.41) is 19.9. The van der Waals surface area contributed by atoms with Crippen molar-refractivity contribution in [3.8, 4) is 0 Å². The minimum Gasteiger partial charge on any atom is -0.465 e. The third kappa shape index (κ3) is 3.48. The fourth-order valence-corrected chi connectivity index (χ4v) is 3.44. The first kappa shape index (κ1) is 17.0. The van der Waals surface area contributed by atoms with Crippen molar-refractivity contribution in [2.75, 3.05) is 39.3 Å². The zero-order valence-corrected chi connectivity index (χ0v) is 13.9. The Labute approximate surface area is 145 Å². The smallest absolute Gasteiger partial charge is 0.407 e. The lowest BCUT2D eigenvalue weighted by Crippen LogP contribution is -2.54. The van der Waals surface area contributed by atoms with Crippen LogP contribution in [0, 0.1) is 0 Å². The lowest BCUT2D eigenvalue weighted by Gasteiger charge is -2.37. The average Bonchev–Trinajstić information content (AvgIpc) is 2.97. The van der Waals surface area contributed by atoms with Crippen molar-refractivity contribution in [1.29, 1.82) is 0 Å². The van der Waals surface area contributed by atoms with Crippen molar-refractivity contribution < 1.29 is 19.8 Å². The zero-order valence-electron chi connectivity index (χ0n) is 13.1. The van der Waals surface area contributed by atoms with Gasteiger partial charge >= 0.3 is 6.09 Å². The standard InChI is InChI=1S/C16H20ClN3O4/c17-12-3-1-11(2-4-12)15(22)20-9-13(14(21)10-20)18-5-7-19(8-6-18)16(23)24/h1-4,13-14,21H,5-10H2,(H,23,24). The highest BCUT2D eigenvalue weighted by Gasteiger charge is 2.39. The molecule has 2 atom stereocenters. The molecule has 3 rings (SSSR count). The Hall–Kier alpha value is -1.83. The highest BCUT2D eigenvalue weighted by Crippen LogP contribution is 2.21. The van der Waals surface area contributed by atoms with Gasteiger partial charge in [0.15, 0.2) is 0 Å². The molecule has 0 spiro atoms. The molecule has 0 bridgehead atoms. The van der Waals surface area contributed by atoms with Gasteiger partial charge in [-0.15, -0.1) is 0 Å². The summed E-state index contributed by atoms with van der Waals surface area (Å²) in [7, 11) is 0. The number of nitrogens with zero attached hydrogens (tertiary/aromatic N) is 3. The van der Waals surface area contributed by atoms with E-state index in [2.05, 4.69) is 4.90 Å². The summed E-state index contributed by atoms with van der Waals surface area (Å²) < 4.78 is 0. The van der Waals surface area contributed by atoms with Gasteiger partial charge < -0.3 is 20.0 Å². The average molecular weight is 354 g/mol. The number of piperazine rings is 1. The van der Waals surface area contributed by atoms with E-state index in [1.165, 1.54) is 4.90 Å². The van der Waals surface area contributed by atoms with Gasteiger partial charge in [0.25, 0.3) is 5.91 Å². The zero-order chi connectivity index (χ0) is 17.3. The minimum absolute atomic E-state index is 0.127. The summed E-state index contributed by atoms with van der Waals surface area (Å²) >= 11 is 5.84. The number of aliphatic hydroxyl groups excluding tert-OH is 1. The second kappa shape index (κ2) is 6.96. The highest BCUT2D eigenvalue weighted by atomic mass is 35.5. The van der Waals surface area contributed by atoms with Crippen LogP contribution in [0.25, 0.3) is 0 Å². The van der Waals surface area contributed by atoms with E-state index in [9.17, 15) is 14.7 Å². The van der Waals surface area contributed by atoms with Crippen LogP contribution in [0.1, 0.15) is 10.4 Å². The number of hydrogen-bond acceptors (Lipinski definition) is 4. The van der Waals surface area contributed by atoms with E-state index in [1.54, 1.807) is 29.2 Å². The first-order valence-electron chi connectivity index (χ1n) is 7.90. The molecular formula is C16H20ClN3O4. The number of amides is 2. The van der Waals surface area contributed by atoms with E-state index < -0.39 is 12.2 Å². The van der Waals surface area contributed by atoms with Crippen molar-refractivity contribution in [2.24, 2.45) is 0 Å². The van der Waals surface area contributed by atoms with Gasteiger partial charge in [0.2, 0.25) is 0 Å². The van der Waals surface area contributed by atoms with E-state index in [0.717, 1.165) is 0 Å². The predicted molar refractivity (Wildman–Crippen MR) is 88.3 cm³/mol. The second-order valence-corrected chi connectivity index (χ2v) is 6.59. The van der Waals surface area contributed by atoms with Crippen molar-refractivity contribution in [2.45, 2.75) is 12.1 Å². The molecule has 7 nitrogen and oxygen atoms in total. The van der Waals surface area contributed by atoms with Crippen LogP contribution in [-0.4, -0.2) is 88.3 Å². The minimum atomic E-state index is -0.916. The molecule has 8 heteroatoms. The van der Waals surface area contributed by atoms with E-state index in [4.69, 9.17) is 16.7 Å². The monoisotopic (exact) mass is 353 g/mol. The molecular weight excluding hydrogens is 334 g/mol. The Morgan fingerprint density at radius 2 is 1.62 bits per heavy atom. The first-order chi connectivity index (χ1) is 11.5. The van der Waals surface area contributed by atoms with E-state index >= 15 is 0 Å². The third-order valence-corrected chi connectivity index (χ3v) is 4.94. The Kier molecular flexibility index (Phi) is 4.93. The number of carboxylic acid groups (broad SMARTS) is 1. The maximum atomic E-state index is 12.5. The highest BCUT2D eigenvalue weighted by molar-refractivity contribution is 6.30. The molecule has 2 amide bonds. The summed E-state index contributed by atoms with van der Waals surface area (Å²) in [6.07, 6.45) is -1.54. The number of halogens is 1. The molecule has 0 aliphatic carbocycles. The summed E-state index contributed by atoms with van der Waals surface area (Å²) in [5.74, 6) is -0.127. The van der Waals surface area contributed by atoms with Gasteiger partial charge in [0.1, 0.15) is 0 Å². The third-order valence-electron chi connectivity index (χ3n) is 4.69. The summed E-state index contributed by atoms with van der Waals surface area (Å²) in [5.41, 5.74) is 0.544. The van der Waals surface area contributed by atoms with Gasteiger partial charge in [-0.25, -0.2) is 4.79 Å². The number of rotatable bonds is 2. The van der Waals surface area contributed by atoms with Crippen LogP contribution in [0.15, 0.2) is 24.3 Å². The van der Waals surface area contributed by atoms with Gasteiger partial charge in [-0.2, -0.15) is 0 Å². The second-order valence-electron chi connectivity index (χ2n) is 6.16. The number of benzene rings is 1. The Morgan fingerprint density at radius 3 is 2.21 bits per heavy atom. The van der Waals surface area contributed by atoms with Gasteiger partial charge in [-0.1, -0.05) is 11.6 Å². The Balaban J connectivity index is 1.61. The molecule has 24 heavy (non-hydrogen) atoms. The lowest BCUT2D eigenvalue weighted by atomic mass is 10.1. The van der Waals surface area contributed by atoms with Crippen LogP contribution in [0.5, 0.6) is 0 Å². The van der Waals surface area contributed by atoms with E-state index in [0.29, 0.717) is 43.3 Å². The van der Waals surface area contributed by atoms with Crippen LogP contribution < -0.4 is 0 Å². The molecule has 2 aliphatic rings.